The minimum Gasteiger partial charge on any atom is -0.382 e. The number of nitriles is 1. The van der Waals surface area contributed by atoms with Gasteiger partial charge < -0.3 is 11.1 Å². The van der Waals surface area contributed by atoms with Crippen LogP contribution in [0.15, 0.2) is 0 Å². The number of hydrogen-bond acceptors (Lipinski definition) is 5. The molecule has 5 heteroatoms. The van der Waals surface area contributed by atoms with Crippen LogP contribution in [0, 0.1) is 29.1 Å². The van der Waals surface area contributed by atoms with Crippen LogP contribution in [-0.4, -0.2) is 10.9 Å². The van der Waals surface area contributed by atoms with Crippen LogP contribution < -0.4 is 11.1 Å². The van der Waals surface area contributed by atoms with Gasteiger partial charge in [-0.25, -0.2) is 0 Å². The second-order valence-corrected chi connectivity index (χ2v) is 5.88. The van der Waals surface area contributed by atoms with Gasteiger partial charge in [0.1, 0.15) is 16.6 Å². The molecule has 1 aromatic rings. The van der Waals surface area contributed by atoms with Gasteiger partial charge in [-0.05, 0) is 55.0 Å². The van der Waals surface area contributed by atoms with Gasteiger partial charge in [-0.15, -0.1) is 0 Å². The average Bonchev–Trinajstić information content (AvgIpc) is 3.20. The molecule has 4 nitrogen and oxygen atoms in total. The van der Waals surface area contributed by atoms with E-state index < -0.39 is 0 Å². The van der Waals surface area contributed by atoms with Crippen LogP contribution in [-0.2, 0) is 0 Å². The zero-order valence-corrected chi connectivity index (χ0v) is 10.5. The summed E-state index contributed by atoms with van der Waals surface area (Å²) in [4.78, 5) is 0. The Kier molecular flexibility index (Phi) is 2.67. The third-order valence-electron chi connectivity index (χ3n) is 3.78. The Labute approximate surface area is 105 Å². The first kappa shape index (κ1) is 10.8. The van der Waals surface area contributed by atoms with E-state index in [-0.39, 0.29) is 0 Å². The summed E-state index contributed by atoms with van der Waals surface area (Å²) < 4.78 is 4.02. The molecule has 0 spiro atoms. The Morgan fingerprint density at radius 1 is 1.41 bits per heavy atom. The van der Waals surface area contributed by atoms with Crippen LogP contribution in [0.5, 0.6) is 0 Å². The SMILES string of the molecule is N#Cc1c(N)nsc1NCC(C1CC1)C1CC1. The molecular formula is C12H16N4S. The van der Waals surface area contributed by atoms with Crippen molar-refractivity contribution in [3.05, 3.63) is 5.56 Å². The van der Waals surface area contributed by atoms with Gasteiger partial charge in [-0.2, -0.15) is 9.64 Å². The Morgan fingerprint density at radius 3 is 2.59 bits per heavy atom. The summed E-state index contributed by atoms with van der Waals surface area (Å²) in [5.74, 6) is 3.00. The van der Waals surface area contributed by atoms with Crippen molar-refractivity contribution in [2.75, 3.05) is 17.6 Å². The molecular weight excluding hydrogens is 232 g/mol. The maximum absolute atomic E-state index is 8.99. The molecule has 2 fully saturated rings. The number of rotatable bonds is 5. The third-order valence-corrected chi connectivity index (χ3v) is 4.60. The van der Waals surface area contributed by atoms with Gasteiger partial charge in [0.15, 0.2) is 5.82 Å². The standard InChI is InChI=1S/C12H16N4S/c13-5-9-11(14)16-17-12(9)15-6-10(7-1-2-7)8-3-4-8/h7-8,10,15H,1-4,6H2,(H2,14,16). The Bertz CT molecular complexity index is 442. The predicted octanol–water partition coefficient (Wildman–Crippen LogP) is 2.45. The number of nitrogen functional groups attached to an aromatic ring is 1. The van der Waals surface area contributed by atoms with Crippen LogP contribution >= 0.6 is 11.5 Å². The first-order chi connectivity index (χ1) is 8.29. The fourth-order valence-corrected chi connectivity index (χ4v) is 3.18. The number of nitrogens with one attached hydrogen (secondary N) is 1. The van der Waals surface area contributed by atoms with Gasteiger partial charge in [-0.1, -0.05) is 0 Å². The van der Waals surface area contributed by atoms with E-state index in [1.807, 2.05) is 0 Å². The van der Waals surface area contributed by atoms with Gasteiger partial charge in [0, 0.05) is 6.54 Å². The van der Waals surface area contributed by atoms with Crippen molar-refractivity contribution >= 4 is 22.4 Å². The number of nitrogens with two attached hydrogens (primary N) is 1. The molecule has 0 atom stereocenters. The van der Waals surface area contributed by atoms with Crippen LogP contribution in [0.25, 0.3) is 0 Å². The van der Waals surface area contributed by atoms with E-state index in [1.165, 1.54) is 37.2 Å². The average molecular weight is 248 g/mol. The van der Waals surface area contributed by atoms with Crippen molar-refractivity contribution in [2.45, 2.75) is 25.7 Å². The van der Waals surface area contributed by atoms with Crippen molar-refractivity contribution in [3.8, 4) is 6.07 Å². The molecule has 17 heavy (non-hydrogen) atoms. The molecule has 3 N–H and O–H groups in total. The molecule has 3 rings (SSSR count). The number of hydrogen-bond donors (Lipinski definition) is 2. The highest BCUT2D eigenvalue weighted by Crippen LogP contribution is 2.49. The Hall–Kier alpha value is -1.28. The fraction of sp³-hybridized carbons (Fsp3) is 0.667. The molecule has 2 aliphatic carbocycles. The molecule has 1 heterocycles. The second kappa shape index (κ2) is 4.19. The van der Waals surface area contributed by atoms with Gasteiger partial charge in [0.05, 0.1) is 0 Å². The van der Waals surface area contributed by atoms with E-state index in [9.17, 15) is 0 Å². The minimum absolute atomic E-state index is 0.356. The monoisotopic (exact) mass is 248 g/mol. The highest BCUT2D eigenvalue weighted by Gasteiger charge is 2.41. The van der Waals surface area contributed by atoms with Crippen molar-refractivity contribution in [3.63, 3.8) is 0 Å². The summed E-state index contributed by atoms with van der Waals surface area (Å²) in [7, 11) is 0. The lowest BCUT2D eigenvalue weighted by molar-refractivity contribution is 0.428. The molecule has 0 saturated heterocycles. The molecule has 90 valence electrons. The van der Waals surface area contributed by atoms with E-state index in [1.54, 1.807) is 0 Å². The van der Waals surface area contributed by atoms with E-state index >= 15 is 0 Å². The number of anilines is 2. The highest BCUT2D eigenvalue weighted by atomic mass is 32.1. The van der Waals surface area contributed by atoms with Crippen LogP contribution in [0.3, 0.4) is 0 Å². The maximum Gasteiger partial charge on any atom is 0.157 e. The lowest BCUT2D eigenvalue weighted by atomic mass is 9.98. The van der Waals surface area contributed by atoms with E-state index in [2.05, 4.69) is 15.8 Å². The third kappa shape index (κ3) is 2.22. The minimum atomic E-state index is 0.356. The van der Waals surface area contributed by atoms with Gasteiger partial charge in [0.25, 0.3) is 0 Å². The summed E-state index contributed by atoms with van der Waals surface area (Å²) in [5, 5.41) is 13.2. The quantitative estimate of drug-likeness (QED) is 0.839. The number of nitrogens with zero attached hydrogens (tertiary/aromatic N) is 2. The van der Waals surface area contributed by atoms with Crippen LogP contribution in [0.2, 0.25) is 0 Å². The summed E-state index contributed by atoms with van der Waals surface area (Å²) in [6, 6.07) is 2.12. The number of aromatic nitrogens is 1. The molecule has 0 aromatic carbocycles. The van der Waals surface area contributed by atoms with Crippen molar-refractivity contribution < 1.29 is 0 Å². The highest BCUT2D eigenvalue weighted by molar-refractivity contribution is 7.10. The molecule has 2 saturated carbocycles. The summed E-state index contributed by atoms with van der Waals surface area (Å²) >= 11 is 1.30. The van der Waals surface area contributed by atoms with Crippen LogP contribution in [0.4, 0.5) is 10.8 Å². The molecule has 0 amide bonds. The molecule has 2 aliphatic rings. The zero-order valence-electron chi connectivity index (χ0n) is 9.65. The lowest BCUT2D eigenvalue weighted by Crippen LogP contribution is -2.18. The predicted molar refractivity (Wildman–Crippen MR) is 68.7 cm³/mol. The van der Waals surface area contributed by atoms with Crippen molar-refractivity contribution in [1.29, 1.82) is 5.26 Å². The van der Waals surface area contributed by atoms with E-state index in [4.69, 9.17) is 11.0 Å². The molecule has 0 bridgehead atoms. The van der Waals surface area contributed by atoms with Gasteiger partial charge in [0.2, 0.25) is 0 Å². The molecule has 1 aromatic heterocycles. The first-order valence-electron chi connectivity index (χ1n) is 6.18. The molecule has 0 unspecified atom stereocenters. The Balaban J connectivity index is 1.64. The smallest absolute Gasteiger partial charge is 0.157 e. The summed E-state index contributed by atoms with van der Waals surface area (Å²) in [6.45, 7) is 0.978. The Morgan fingerprint density at radius 2 is 2.06 bits per heavy atom. The summed E-state index contributed by atoms with van der Waals surface area (Å²) in [5.41, 5.74) is 6.15. The van der Waals surface area contributed by atoms with Crippen molar-refractivity contribution in [1.82, 2.24) is 4.37 Å². The lowest BCUT2D eigenvalue weighted by Gasteiger charge is -2.15. The summed E-state index contributed by atoms with van der Waals surface area (Å²) in [6.07, 6.45) is 5.55. The van der Waals surface area contributed by atoms with E-state index in [0.29, 0.717) is 11.4 Å². The first-order valence-corrected chi connectivity index (χ1v) is 6.96. The topological polar surface area (TPSA) is 74.7 Å². The second-order valence-electron chi connectivity index (χ2n) is 5.10. The van der Waals surface area contributed by atoms with E-state index in [0.717, 1.165) is 29.3 Å². The molecule has 0 aliphatic heterocycles. The maximum atomic E-state index is 8.99. The van der Waals surface area contributed by atoms with Crippen LogP contribution in [0.1, 0.15) is 31.2 Å². The van der Waals surface area contributed by atoms with Gasteiger partial charge >= 0.3 is 0 Å². The largest absolute Gasteiger partial charge is 0.382 e. The normalized spacial score (nSPS) is 19.3. The van der Waals surface area contributed by atoms with Crippen molar-refractivity contribution in [2.24, 2.45) is 17.8 Å². The zero-order chi connectivity index (χ0) is 11.8. The fourth-order valence-electron chi connectivity index (χ4n) is 2.51. The molecule has 0 radical (unpaired) electrons. The van der Waals surface area contributed by atoms with Gasteiger partial charge in [-0.3, -0.25) is 0 Å².